The SMILES string of the molecule is COC(=O)[C@@H](Cc1c2ccccc2cc2ccccc12)NC(=O)c1ccc(C(F)(F)F)cc1. The summed E-state index contributed by atoms with van der Waals surface area (Å²) in [7, 11) is 1.22. The molecule has 0 radical (unpaired) electrons. The molecule has 168 valence electrons. The van der Waals surface area contributed by atoms with Gasteiger partial charge in [0.2, 0.25) is 0 Å². The van der Waals surface area contributed by atoms with Crippen LogP contribution >= 0.6 is 0 Å². The molecule has 4 rings (SSSR count). The van der Waals surface area contributed by atoms with Crippen LogP contribution in [-0.2, 0) is 22.1 Å². The molecule has 4 aromatic carbocycles. The lowest BCUT2D eigenvalue weighted by Gasteiger charge is -2.19. The monoisotopic (exact) mass is 451 g/mol. The van der Waals surface area contributed by atoms with Crippen molar-refractivity contribution in [2.45, 2.75) is 18.6 Å². The largest absolute Gasteiger partial charge is 0.467 e. The number of amides is 1. The molecule has 0 fully saturated rings. The summed E-state index contributed by atoms with van der Waals surface area (Å²) in [4.78, 5) is 25.3. The van der Waals surface area contributed by atoms with E-state index in [0.717, 1.165) is 51.4 Å². The lowest BCUT2D eigenvalue weighted by molar-refractivity contribution is -0.142. The van der Waals surface area contributed by atoms with Gasteiger partial charge in [0.1, 0.15) is 6.04 Å². The first-order valence-corrected chi connectivity index (χ1v) is 10.2. The molecule has 0 heterocycles. The van der Waals surface area contributed by atoms with Crippen LogP contribution in [0.4, 0.5) is 13.2 Å². The zero-order valence-corrected chi connectivity index (χ0v) is 17.6. The standard InChI is InChI=1S/C26H20F3NO3/c1-33-25(32)23(30-24(31)16-10-12-19(13-11-16)26(27,28)29)15-22-20-8-4-2-6-17(20)14-18-7-3-5-9-21(18)22/h2-14,23H,15H2,1H3,(H,30,31)/t23-/m1/s1. The number of hydrogen-bond acceptors (Lipinski definition) is 3. The van der Waals surface area contributed by atoms with Gasteiger partial charge < -0.3 is 10.1 Å². The third-order valence-electron chi connectivity index (χ3n) is 5.56. The second-order valence-corrected chi connectivity index (χ2v) is 7.63. The number of carbonyl (C=O) groups excluding carboxylic acids is 2. The van der Waals surface area contributed by atoms with E-state index in [2.05, 4.69) is 11.4 Å². The molecule has 0 aliphatic rings. The molecule has 0 bridgehead atoms. The summed E-state index contributed by atoms with van der Waals surface area (Å²) in [6, 6.07) is 20.3. The van der Waals surface area contributed by atoms with Gasteiger partial charge in [-0.05, 0) is 57.4 Å². The average molecular weight is 451 g/mol. The topological polar surface area (TPSA) is 55.4 Å². The highest BCUT2D eigenvalue weighted by molar-refractivity contribution is 6.03. The second-order valence-electron chi connectivity index (χ2n) is 7.63. The molecule has 1 N–H and O–H groups in total. The van der Waals surface area contributed by atoms with Gasteiger partial charge in [0.15, 0.2) is 0 Å². The number of benzene rings is 4. The number of halogens is 3. The van der Waals surface area contributed by atoms with Crippen LogP contribution in [0.3, 0.4) is 0 Å². The van der Waals surface area contributed by atoms with Crippen molar-refractivity contribution in [3.05, 3.63) is 95.6 Å². The minimum absolute atomic E-state index is 0.0136. The molecule has 0 saturated heterocycles. The number of rotatable bonds is 5. The van der Waals surface area contributed by atoms with Gasteiger partial charge in [0, 0.05) is 12.0 Å². The summed E-state index contributed by atoms with van der Waals surface area (Å²) in [5.41, 5.74) is 0.0253. The Bertz CT molecular complexity index is 1280. The first kappa shape index (κ1) is 22.3. The molecule has 4 aromatic rings. The van der Waals surface area contributed by atoms with E-state index >= 15 is 0 Å². The van der Waals surface area contributed by atoms with Crippen molar-refractivity contribution in [1.29, 1.82) is 0 Å². The normalized spacial score (nSPS) is 12.5. The van der Waals surface area contributed by atoms with Crippen molar-refractivity contribution in [3.8, 4) is 0 Å². The fourth-order valence-electron chi connectivity index (χ4n) is 3.92. The third kappa shape index (κ3) is 4.67. The number of ether oxygens (including phenoxy) is 1. The molecule has 33 heavy (non-hydrogen) atoms. The molecule has 4 nitrogen and oxygen atoms in total. The number of esters is 1. The Kier molecular flexibility index (Phi) is 6.05. The van der Waals surface area contributed by atoms with Crippen LogP contribution in [0, 0.1) is 0 Å². The fourth-order valence-corrected chi connectivity index (χ4v) is 3.92. The average Bonchev–Trinajstić information content (AvgIpc) is 2.82. The molecule has 0 unspecified atom stereocenters. The zero-order valence-electron chi connectivity index (χ0n) is 17.6. The van der Waals surface area contributed by atoms with Gasteiger partial charge >= 0.3 is 12.1 Å². The minimum atomic E-state index is -4.50. The van der Waals surface area contributed by atoms with Crippen molar-refractivity contribution < 1.29 is 27.5 Å². The van der Waals surface area contributed by atoms with Gasteiger partial charge in [-0.1, -0.05) is 48.5 Å². The van der Waals surface area contributed by atoms with Crippen LogP contribution < -0.4 is 5.32 Å². The number of nitrogens with one attached hydrogen (secondary N) is 1. The summed E-state index contributed by atoms with van der Waals surface area (Å²) in [6.07, 6.45) is -4.35. The number of methoxy groups -OCH3 is 1. The van der Waals surface area contributed by atoms with E-state index in [9.17, 15) is 22.8 Å². The Balaban J connectivity index is 1.69. The van der Waals surface area contributed by atoms with Crippen LogP contribution in [0.15, 0.2) is 78.9 Å². The molecular formula is C26H20F3NO3. The highest BCUT2D eigenvalue weighted by Crippen LogP contribution is 2.30. The van der Waals surface area contributed by atoms with Crippen molar-refractivity contribution in [2.75, 3.05) is 7.11 Å². The van der Waals surface area contributed by atoms with E-state index in [1.165, 1.54) is 7.11 Å². The van der Waals surface area contributed by atoms with Crippen LogP contribution in [0.5, 0.6) is 0 Å². The lowest BCUT2D eigenvalue weighted by Crippen LogP contribution is -2.43. The molecule has 0 aliphatic heterocycles. The Labute approximate surface area is 188 Å². The number of hydrogen-bond donors (Lipinski definition) is 1. The van der Waals surface area contributed by atoms with E-state index in [-0.39, 0.29) is 12.0 Å². The Morgan fingerprint density at radius 3 is 1.94 bits per heavy atom. The first-order valence-electron chi connectivity index (χ1n) is 10.2. The second kappa shape index (κ2) is 8.94. The van der Waals surface area contributed by atoms with Gasteiger partial charge in [-0.2, -0.15) is 13.2 Å². The summed E-state index contributed by atoms with van der Waals surface area (Å²) in [5, 5.41) is 6.48. The van der Waals surface area contributed by atoms with Gasteiger partial charge in [-0.25, -0.2) is 4.79 Å². The maximum Gasteiger partial charge on any atom is 0.416 e. The molecule has 1 amide bonds. The fraction of sp³-hybridized carbons (Fsp3) is 0.154. The summed E-state index contributed by atoms with van der Waals surface area (Å²) in [6.45, 7) is 0. The van der Waals surface area contributed by atoms with Crippen molar-refractivity contribution in [1.82, 2.24) is 5.32 Å². The predicted molar refractivity (Wildman–Crippen MR) is 120 cm³/mol. The van der Waals surface area contributed by atoms with E-state index in [1.807, 2.05) is 48.5 Å². The third-order valence-corrected chi connectivity index (χ3v) is 5.56. The quantitative estimate of drug-likeness (QED) is 0.321. The number of carbonyl (C=O) groups is 2. The summed E-state index contributed by atoms with van der Waals surface area (Å²) < 4.78 is 43.4. The van der Waals surface area contributed by atoms with Crippen LogP contribution in [0.2, 0.25) is 0 Å². The number of alkyl halides is 3. The van der Waals surface area contributed by atoms with Crippen molar-refractivity contribution >= 4 is 33.4 Å². The molecule has 0 aliphatic carbocycles. The van der Waals surface area contributed by atoms with E-state index in [1.54, 1.807) is 0 Å². The Morgan fingerprint density at radius 1 is 0.879 bits per heavy atom. The Morgan fingerprint density at radius 2 is 1.42 bits per heavy atom. The molecule has 0 saturated carbocycles. The van der Waals surface area contributed by atoms with Gasteiger partial charge in [0.25, 0.3) is 5.91 Å². The maximum atomic E-state index is 12.8. The van der Waals surface area contributed by atoms with Gasteiger partial charge in [-0.3, -0.25) is 4.79 Å². The van der Waals surface area contributed by atoms with Crippen LogP contribution in [0.25, 0.3) is 21.5 Å². The molecule has 1 atom stereocenters. The molecule has 7 heteroatoms. The van der Waals surface area contributed by atoms with Gasteiger partial charge in [0.05, 0.1) is 12.7 Å². The van der Waals surface area contributed by atoms with Gasteiger partial charge in [-0.15, -0.1) is 0 Å². The van der Waals surface area contributed by atoms with Crippen LogP contribution in [0.1, 0.15) is 21.5 Å². The maximum absolute atomic E-state index is 12.8. The highest BCUT2D eigenvalue weighted by Gasteiger charge is 2.30. The van der Waals surface area contributed by atoms with E-state index < -0.39 is 29.7 Å². The minimum Gasteiger partial charge on any atom is -0.467 e. The number of fused-ring (bicyclic) bond motifs is 2. The van der Waals surface area contributed by atoms with E-state index in [4.69, 9.17) is 4.74 Å². The van der Waals surface area contributed by atoms with Crippen molar-refractivity contribution in [2.24, 2.45) is 0 Å². The van der Waals surface area contributed by atoms with Crippen LogP contribution in [-0.4, -0.2) is 25.0 Å². The smallest absolute Gasteiger partial charge is 0.416 e. The first-order chi connectivity index (χ1) is 15.8. The predicted octanol–water partition coefficient (Wildman–Crippen LogP) is 5.53. The molecule has 0 spiro atoms. The Hall–Kier alpha value is -3.87. The summed E-state index contributed by atoms with van der Waals surface area (Å²) in [5.74, 6) is -1.31. The zero-order chi connectivity index (χ0) is 23.6. The van der Waals surface area contributed by atoms with E-state index in [0.29, 0.717) is 0 Å². The van der Waals surface area contributed by atoms with Crippen molar-refractivity contribution in [3.63, 3.8) is 0 Å². The summed E-state index contributed by atoms with van der Waals surface area (Å²) >= 11 is 0. The lowest BCUT2D eigenvalue weighted by atomic mass is 9.92. The molecular weight excluding hydrogens is 431 g/mol. The molecule has 0 aromatic heterocycles. The highest BCUT2D eigenvalue weighted by atomic mass is 19.4.